The van der Waals surface area contributed by atoms with Crippen molar-refractivity contribution in [2.75, 3.05) is 13.2 Å². The van der Waals surface area contributed by atoms with Gasteiger partial charge in [-0.15, -0.1) is 0 Å². The fourth-order valence-corrected chi connectivity index (χ4v) is 5.73. The predicted octanol–water partition coefficient (Wildman–Crippen LogP) is 3.00. The first-order valence-corrected chi connectivity index (χ1v) is 12.3. The Morgan fingerprint density at radius 2 is 1.95 bits per heavy atom. The van der Waals surface area contributed by atoms with Gasteiger partial charge >= 0.3 is 5.92 Å². The molecular formula is C24H25ClF5N3O4. The van der Waals surface area contributed by atoms with Crippen LogP contribution in [0.3, 0.4) is 0 Å². The first-order chi connectivity index (χ1) is 17.4. The van der Waals surface area contributed by atoms with Crippen molar-refractivity contribution in [3.05, 3.63) is 34.9 Å². The molecule has 13 heteroatoms. The monoisotopic (exact) mass is 549 g/mol. The molecule has 4 fully saturated rings. The Kier molecular flexibility index (Phi) is 7.51. The second kappa shape index (κ2) is 10.2. The lowest BCUT2D eigenvalue weighted by Gasteiger charge is -2.54. The van der Waals surface area contributed by atoms with Crippen LogP contribution in [0.5, 0.6) is 0 Å². The highest BCUT2D eigenvalue weighted by Crippen LogP contribution is 2.50. The highest BCUT2D eigenvalue weighted by Gasteiger charge is 2.63. The normalized spacial score (nSPS) is 27.5. The molecule has 0 radical (unpaired) electrons. The van der Waals surface area contributed by atoms with Crippen molar-refractivity contribution in [3.63, 3.8) is 0 Å². The van der Waals surface area contributed by atoms with E-state index in [9.17, 15) is 32.3 Å². The van der Waals surface area contributed by atoms with Gasteiger partial charge in [0.25, 0.3) is 11.8 Å². The maximum atomic E-state index is 15.3. The van der Waals surface area contributed by atoms with Gasteiger partial charge < -0.3 is 15.5 Å². The van der Waals surface area contributed by atoms with Crippen LogP contribution in [0.25, 0.3) is 0 Å². The summed E-state index contributed by atoms with van der Waals surface area (Å²) in [6.45, 7) is -1.19. The van der Waals surface area contributed by atoms with Crippen molar-refractivity contribution in [1.29, 1.82) is 0 Å². The minimum atomic E-state index is -4.19. The smallest absolute Gasteiger partial charge is 0.350 e. The predicted molar refractivity (Wildman–Crippen MR) is 121 cm³/mol. The van der Waals surface area contributed by atoms with Gasteiger partial charge in [0.2, 0.25) is 11.8 Å². The van der Waals surface area contributed by atoms with Gasteiger partial charge in [0, 0.05) is 35.5 Å². The molecule has 7 nitrogen and oxygen atoms in total. The molecule has 1 aliphatic carbocycles. The number of ketones is 1. The van der Waals surface area contributed by atoms with Crippen LogP contribution >= 0.6 is 11.6 Å². The van der Waals surface area contributed by atoms with E-state index in [4.69, 9.17) is 11.6 Å². The van der Waals surface area contributed by atoms with Crippen LogP contribution in [0.4, 0.5) is 22.0 Å². The van der Waals surface area contributed by atoms with E-state index in [0.29, 0.717) is 17.9 Å². The van der Waals surface area contributed by atoms with E-state index in [1.165, 1.54) is 12.1 Å². The van der Waals surface area contributed by atoms with Crippen LogP contribution in [-0.4, -0.2) is 65.7 Å². The van der Waals surface area contributed by atoms with E-state index < -0.39 is 84.0 Å². The van der Waals surface area contributed by atoms with Crippen molar-refractivity contribution in [2.45, 2.75) is 62.1 Å². The van der Waals surface area contributed by atoms with Gasteiger partial charge in [-0.05, 0) is 37.8 Å². The van der Waals surface area contributed by atoms with Crippen LogP contribution in [0.15, 0.2) is 24.3 Å². The number of rotatable bonds is 8. The number of hydrogen-bond donors (Lipinski definition) is 2. The second-order valence-corrected chi connectivity index (χ2v) is 10.2. The molecule has 1 saturated carbocycles. The van der Waals surface area contributed by atoms with Crippen LogP contribution in [-0.2, 0) is 25.1 Å². The number of hydrogen-bond acceptors (Lipinski definition) is 4. The number of carbonyl (C=O) groups is 4. The van der Waals surface area contributed by atoms with Gasteiger partial charge in [-0.2, -0.15) is 8.78 Å². The fourth-order valence-electron chi connectivity index (χ4n) is 5.54. The number of nitrogens with zero attached hydrogens (tertiary/aromatic N) is 1. The van der Waals surface area contributed by atoms with E-state index in [1.54, 1.807) is 0 Å². The van der Waals surface area contributed by atoms with Crippen molar-refractivity contribution >= 4 is 35.1 Å². The Morgan fingerprint density at radius 3 is 2.54 bits per heavy atom. The third-order valence-corrected chi connectivity index (χ3v) is 7.65. The van der Waals surface area contributed by atoms with E-state index in [1.807, 2.05) is 0 Å². The minimum Gasteiger partial charge on any atom is -0.356 e. The number of fused-ring (bicyclic) bond motifs is 3. The lowest BCUT2D eigenvalue weighted by Crippen LogP contribution is -2.70. The SMILES string of the molecule is O=C1NCC[C@H]1C[C@@H](NC(=O)[C@H]1[C@@H]2CC[C@@H](CC2(F)F)N1C(=O)C(F)(F)c1cccc(Cl)c1)C(=O)CF. The number of piperidine rings is 2. The number of carbonyl (C=O) groups excluding carboxylic acids is 4. The number of amides is 3. The summed E-state index contributed by atoms with van der Waals surface area (Å²) >= 11 is 5.79. The summed E-state index contributed by atoms with van der Waals surface area (Å²) in [5, 5.41) is 4.65. The molecule has 37 heavy (non-hydrogen) atoms. The maximum absolute atomic E-state index is 15.3. The second-order valence-electron chi connectivity index (χ2n) is 9.72. The van der Waals surface area contributed by atoms with Gasteiger partial charge in [0.05, 0.1) is 12.0 Å². The zero-order valence-electron chi connectivity index (χ0n) is 19.5. The maximum Gasteiger partial charge on any atom is 0.350 e. The van der Waals surface area contributed by atoms with Crippen LogP contribution in [0, 0.1) is 11.8 Å². The number of Topliss-reactive ketones (excluding diaryl/α,β-unsaturated/α-hetero) is 1. The lowest BCUT2D eigenvalue weighted by atomic mass is 9.71. The van der Waals surface area contributed by atoms with Crippen molar-refractivity contribution in [1.82, 2.24) is 15.5 Å². The van der Waals surface area contributed by atoms with E-state index >= 15 is 8.78 Å². The summed E-state index contributed by atoms with van der Waals surface area (Å²) in [5.74, 6) is -14.7. The zero-order valence-corrected chi connectivity index (χ0v) is 20.2. The molecule has 0 spiro atoms. The number of benzene rings is 1. The molecule has 1 aromatic carbocycles. The molecule has 2 bridgehead atoms. The van der Waals surface area contributed by atoms with Gasteiger partial charge in [-0.25, -0.2) is 13.2 Å². The molecule has 4 aliphatic rings. The number of alkyl halides is 5. The molecule has 5 atom stereocenters. The Balaban J connectivity index is 1.64. The van der Waals surface area contributed by atoms with Crippen LogP contribution in [0.2, 0.25) is 5.02 Å². The molecule has 3 amide bonds. The molecule has 5 rings (SSSR count). The Labute approximate surface area is 214 Å². The van der Waals surface area contributed by atoms with Gasteiger partial charge in [0.1, 0.15) is 12.7 Å². The first kappa shape index (κ1) is 27.3. The molecule has 0 unspecified atom stereocenters. The Morgan fingerprint density at radius 1 is 1.22 bits per heavy atom. The Hall–Kier alpha value is -2.76. The Bertz CT molecular complexity index is 1100. The van der Waals surface area contributed by atoms with Crippen molar-refractivity contribution in [3.8, 4) is 0 Å². The average Bonchev–Trinajstić information content (AvgIpc) is 3.25. The average molecular weight is 550 g/mol. The van der Waals surface area contributed by atoms with Crippen LogP contribution < -0.4 is 10.6 Å². The van der Waals surface area contributed by atoms with Crippen molar-refractivity contribution in [2.24, 2.45) is 11.8 Å². The summed E-state index contributed by atoms with van der Waals surface area (Å²) in [4.78, 5) is 51.1. The first-order valence-electron chi connectivity index (χ1n) is 11.9. The fraction of sp³-hybridized carbons (Fsp3) is 0.583. The van der Waals surface area contributed by atoms with Crippen LogP contribution in [0.1, 0.15) is 37.7 Å². The van der Waals surface area contributed by atoms with E-state index in [2.05, 4.69) is 10.6 Å². The molecule has 3 heterocycles. The van der Waals surface area contributed by atoms with Crippen molar-refractivity contribution < 1.29 is 41.1 Å². The highest BCUT2D eigenvalue weighted by atomic mass is 35.5. The molecular weight excluding hydrogens is 525 g/mol. The van der Waals surface area contributed by atoms with E-state index in [0.717, 1.165) is 12.1 Å². The van der Waals surface area contributed by atoms with Gasteiger partial charge in [0.15, 0.2) is 5.78 Å². The molecule has 0 aromatic heterocycles. The minimum absolute atomic E-state index is 0.0174. The third kappa shape index (κ3) is 5.17. The molecule has 202 valence electrons. The summed E-state index contributed by atoms with van der Waals surface area (Å²) in [7, 11) is 0. The lowest BCUT2D eigenvalue weighted by molar-refractivity contribution is -0.207. The van der Waals surface area contributed by atoms with Gasteiger partial charge in [-0.1, -0.05) is 23.7 Å². The third-order valence-electron chi connectivity index (χ3n) is 7.41. The topological polar surface area (TPSA) is 95.6 Å². The quantitative estimate of drug-likeness (QED) is 0.488. The number of halogens is 6. The highest BCUT2D eigenvalue weighted by molar-refractivity contribution is 6.30. The number of nitrogens with one attached hydrogen (secondary N) is 2. The molecule has 3 saturated heterocycles. The zero-order chi connectivity index (χ0) is 27.1. The van der Waals surface area contributed by atoms with Gasteiger partial charge in [-0.3, -0.25) is 19.2 Å². The van der Waals surface area contributed by atoms with E-state index in [-0.39, 0.29) is 24.3 Å². The summed E-state index contributed by atoms with van der Waals surface area (Å²) in [6.07, 6.45) is -1.10. The molecule has 3 aliphatic heterocycles. The standard InChI is InChI=1S/C24H25ClF5N3O4/c25-14-3-1-2-13(9-14)24(29,30)22(37)33-15-4-5-16(23(27,28)10-15)19(33)21(36)32-17(18(34)11-26)8-12-6-7-31-20(12)35/h1-3,9,12,15-17,19H,4-8,10-11H2,(H,31,35)(H,32,36)/t12-,15-,16-,17+,19+/m0/s1. The summed E-state index contributed by atoms with van der Waals surface area (Å²) in [6, 6.07) is -0.585. The largest absolute Gasteiger partial charge is 0.356 e. The molecule has 2 N–H and O–H groups in total. The summed E-state index contributed by atoms with van der Waals surface area (Å²) < 4.78 is 73.6. The molecule has 1 aromatic rings. The summed E-state index contributed by atoms with van der Waals surface area (Å²) in [5.41, 5.74) is -0.768.